The molecular weight excluding hydrogens is 120 g/mol. The molecule has 0 radical (unpaired) electrons. The molecule has 1 aliphatic rings. The fraction of sp³-hybridized carbons (Fsp3) is 1.00. The van der Waals surface area contributed by atoms with Crippen molar-refractivity contribution in [1.29, 1.82) is 0 Å². The van der Waals surface area contributed by atoms with E-state index in [4.69, 9.17) is 11.6 Å². The minimum Gasteiger partial charge on any atom is -0.127 e. The molecule has 0 heterocycles. The van der Waals surface area contributed by atoms with Gasteiger partial charge < -0.3 is 0 Å². The SMILES string of the molecule is ClCCCCC1CC1. The fourth-order valence-corrected chi connectivity index (χ4v) is 1.12. The van der Waals surface area contributed by atoms with Gasteiger partial charge in [-0.2, -0.15) is 0 Å². The molecule has 0 bridgehead atoms. The Morgan fingerprint density at radius 2 is 2.00 bits per heavy atom. The van der Waals surface area contributed by atoms with E-state index in [-0.39, 0.29) is 0 Å². The molecule has 0 amide bonds. The first kappa shape index (κ1) is 6.41. The van der Waals surface area contributed by atoms with Crippen LogP contribution in [0.3, 0.4) is 0 Å². The van der Waals surface area contributed by atoms with Crippen LogP contribution in [-0.4, -0.2) is 5.88 Å². The molecular formula is C7H13Cl. The largest absolute Gasteiger partial charge is 0.127 e. The van der Waals surface area contributed by atoms with Crippen LogP contribution in [0, 0.1) is 5.92 Å². The third kappa shape index (κ3) is 2.56. The van der Waals surface area contributed by atoms with Crippen LogP contribution in [0.4, 0.5) is 0 Å². The van der Waals surface area contributed by atoms with Crippen LogP contribution in [-0.2, 0) is 0 Å². The van der Waals surface area contributed by atoms with Gasteiger partial charge in [-0.05, 0) is 12.3 Å². The summed E-state index contributed by atoms with van der Waals surface area (Å²) in [5.74, 6) is 1.95. The zero-order valence-electron chi connectivity index (χ0n) is 5.20. The van der Waals surface area contributed by atoms with E-state index < -0.39 is 0 Å². The average molecular weight is 133 g/mol. The van der Waals surface area contributed by atoms with Crippen LogP contribution in [0.1, 0.15) is 32.1 Å². The number of rotatable bonds is 4. The van der Waals surface area contributed by atoms with Crippen LogP contribution in [0.25, 0.3) is 0 Å². The first-order valence-corrected chi connectivity index (χ1v) is 4.03. The molecule has 0 aromatic carbocycles. The lowest BCUT2D eigenvalue weighted by Gasteiger charge is -1.91. The molecule has 0 atom stereocenters. The Labute approximate surface area is 56.2 Å². The van der Waals surface area contributed by atoms with E-state index in [0.29, 0.717) is 0 Å². The van der Waals surface area contributed by atoms with Gasteiger partial charge in [0.15, 0.2) is 0 Å². The monoisotopic (exact) mass is 132 g/mol. The van der Waals surface area contributed by atoms with Gasteiger partial charge in [0.2, 0.25) is 0 Å². The second-order valence-electron chi connectivity index (χ2n) is 2.63. The Morgan fingerprint density at radius 1 is 1.25 bits per heavy atom. The van der Waals surface area contributed by atoms with Gasteiger partial charge in [-0.25, -0.2) is 0 Å². The third-order valence-corrected chi connectivity index (χ3v) is 1.96. The number of alkyl halides is 1. The number of hydrogen-bond acceptors (Lipinski definition) is 0. The lowest BCUT2D eigenvalue weighted by Crippen LogP contribution is -1.78. The molecule has 0 nitrogen and oxygen atoms in total. The zero-order valence-corrected chi connectivity index (χ0v) is 5.95. The summed E-state index contributed by atoms with van der Waals surface area (Å²) in [7, 11) is 0. The molecule has 1 rings (SSSR count). The second kappa shape index (κ2) is 3.34. The average Bonchev–Trinajstić information content (AvgIpc) is 2.51. The number of hydrogen-bond donors (Lipinski definition) is 0. The minimum absolute atomic E-state index is 0.854. The molecule has 1 heteroatoms. The van der Waals surface area contributed by atoms with Crippen molar-refractivity contribution in [1.82, 2.24) is 0 Å². The minimum atomic E-state index is 0.854. The highest BCUT2D eigenvalue weighted by atomic mass is 35.5. The Hall–Kier alpha value is 0.290. The van der Waals surface area contributed by atoms with Crippen molar-refractivity contribution in [3.05, 3.63) is 0 Å². The van der Waals surface area contributed by atoms with E-state index in [2.05, 4.69) is 0 Å². The first-order valence-electron chi connectivity index (χ1n) is 3.49. The predicted molar refractivity (Wildman–Crippen MR) is 37.3 cm³/mol. The molecule has 48 valence electrons. The van der Waals surface area contributed by atoms with E-state index in [0.717, 1.165) is 11.8 Å². The topological polar surface area (TPSA) is 0 Å². The van der Waals surface area contributed by atoms with Gasteiger partial charge >= 0.3 is 0 Å². The first-order chi connectivity index (χ1) is 3.93. The second-order valence-corrected chi connectivity index (χ2v) is 3.01. The standard InChI is InChI=1S/C7H13Cl/c8-6-2-1-3-7-4-5-7/h7H,1-6H2. The van der Waals surface area contributed by atoms with Crippen molar-refractivity contribution in [2.24, 2.45) is 5.92 Å². The highest BCUT2D eigenvalue weighted by Crippen LogP contribution is 2.33. The van der Waals surface area contributed by atoms with E-state index >= 15 is 0 Å². The van der Waals surface area contributed by atoms with Crippen LogP contribution in [0.2, 0.25) is 0 Å². The molecule has 1 fully saturated rings. The third-order valence-electron chi connectivity index (χ3n) is 1.69. The van der Waals surface area contributed by atoms with Crippen LogP contribution in [0.5, 0.6) is 0 Å². The lowest BCUT2D eigenvalue weighted by atomic mass is 10.2. The van der Waals surface area contributed by atoms with Gasteiger partial charge in [0.25, 0.3) is 0 Å². The van der Waals surface area contributed by atoms with Crippen LogP contribution >= 0.6 is 11.6 Å². The van der Waals surface area contributed by atoms with Gasteiger partial charge in [0.05, 0.1) is 0 Å². The number of unbranched alkanes of at least 4 members (excludes halogenated alkanes) is 1. The van der Waals surface area contributed by atoms with Crippen molar-refractivity contribution < 1.29 is 0 Å². The molecule has 0 aromatic heterocycles. The highest BCUT2D eigenvalue weighted by molar-refractivity contribution is 6.17. The summed E-state index contributed by atoms with van der Waals surface area (Å²) in [6.07, 6.45) is 6.99. The Bertz CT molecular complexity index is 57.4. The van der Waals surface area contributed by atoms with Crippen molar-refractivity contribution in [3.8, 4) is 0 Å². The predicted octanol–water partition coefficient (Wildman–Crippen LogP) is 2.81. The van der Waals surface area contributed by atoms with Crippen molar-refractivity contribution >= 4 is 11.6 Å². The molecule has 0 aromatic rings. The maximum atomic E-state index is 5.51. The summed E-state index contributed by atoms with van der Waals surface area (Å²) < 4.78 is 0. The molecule has 1 saturated carbocycles. The maximum absolute atomic E-state index is 5.51. The molecule has 0 unspecified atom stereocenters. The van der Waals surface area contributed by atoms with Crippen LogP contribution in [0.15, 0.2) is 0 Å². The maximum Gasteiger partial charge on any atom is 0.0223 e. The molecule has 0 aliphatic heterocycles. The van der Waals surface area contributed by atoms with Crippen LogP contribution < -0.4 is 0 Å². The van der Waals surface area contributed by atoms with E-state index in [1.54, 1.807) is 0 Å². The Morgan fingerprint density at radius 3 is 2.50 bits per heavy atom. The fourth-order valence-electron chi connectivity index (χ4n) is 0.934. The lowest BCUT2D eigenvalue weighted by molar-refractivity contribution is 0.657. The summed E-state index contributed by atoms with van der Waals surface area (Å²) in [5, 5.41) is 0. The van der Waals surface area contributed by atoms with E-state index in [9.17, 15) is 0 Å². The zero-order chi connectivity index (χ0) is 5.82. The van der Waals surface area contributed by atoms with Gasteiger partial charge in [-0.15, -0.1) is 11.6 Å². The van der Waals surface area contributed by atoms with Gasteiger partial charge in [-0.3, -0.25) is 0 Å². The molecule has 0 spiro atoms. The summed E-state index contributed by atoms with van der Waals surface area (Å²) in [6.45, 7) is 0. The molecule has 8 heavy (non-hydrogen) atoms. The van der Waals surface area contributed by atoms with E-state index in [1.165, 1.54) is 32.1 Å². The molecule has 0 N–H and O–H groups in total. The molecule has 0 saturated heterocycles. The van der Waals surface area contributed by atoms with Gasteiger partial charge in [-0.1, -0.05) is 25.7 Å². The van der Waals surface area contributed by atoms with Gasteiger partial charge in [0, 0.05) is 5.88 Å². The summed E-state index contributed by atoms with van der Waals surface area (Å²) in [6, 6.07) is 0. The summed E-state index contributed by atoms with van der Waals surface area (Å²) in [4.78, 5) is 0. The quantitative estimate of drug-likeness (QED) is 0.408. The Kier molecular flexibility index (Phi) is 2.68. The van der Waals surface area contributed by atoms with E-state index in [1.807, 2.05) is 0 Å². The normalized spacial score (nSPS) is 19.1. The molecule has 1 aliphatic carbocycles. The summed E-state index contributed by atoms with van der Waals surface area (Å²) >= 11 is 5.51. The van der Waals surface area contributed by atoms with Gasteiger partial charge in [0.1, 0.15) is 0 Å². The van der Waals surface area contributed by atoms with Crippen molar-refractivity contribution in [3.63, 3.8) is 0 Å². The summed E-state index contributed by atoms with van der Waals surface area (Å²) in [5.41, 5.74) is 0. The highest BCUT2D eigenvalue weighted by Gasteiger charge is 2.19. The smallest absolute Gasteiger partial charge is 0.0223 e. The van der Waals surface area contributed by atoms with Crippen molar-refractivity contribution in [2.45, 2.75) is 32.1 Å². The number of halogens is 1. The Balaban J connectivity index is 1.74. The van der Waals surface area contributed by atoms with Crippen molar-refractivity contribution in [2.75, 3.05) is 5.88 Å².